The van der Waals surface area contributed by atoms with Crippen LogP contribution in [0, 0.1) is 10.8 Å². The van der Waals surface area contributed by atoms with Crippen molar-refractivity contribution in [1.82, 2.24) is 0 Å². The summed E-state index contributed by atoms with van der Waals surface area (Å²) in [5.41, 5.74) is -0.924. The molecule has 1 rings (SSSR count). The van der Waals surface area contributed by atoms with Gasteiger partial charge in [0.05, 0.1) is 17.4 Å². The van der Waals surface area contributed by atoms with Crippen LogP contribution in [0.1, 0.15) is 54.4 Å². The smallest absolute Gasteiger partial charge is 0.330 e. The van der Waals surface area contributed by atoms with Gasteiger partial charge in [0, 0.05) is 6.08 Å². The highest BCUT2D eigenvalue weighted by molar-refractivity contribution is 5.81. The van der Waals surface area contributed by atoms with Gasteiger partial charge in [-0.1, -0.05) is 20.4 Å². The van der Waals surface area contributed by atoms with Crippen LogP contribution in [0.15, 0.2) is 12.7 Å². The molecule has 2 unspecified atom stereocenters. The van der Waals surface area contributed by atoms with Crippen molar-refractivity contribution in [3.63, 3.8) is 0 Å². The molecular weight excluding hydrogens is 380 g/mol. The lowest BCUT2D eigenvalue weighted by Gasteiger charge is -2.21. The van der Waals surface area contributed by atoms with Crippen LogP contribution in [0.2, 0.25) is 0 Å². The highest BCUT2D eigenvalue weighted by Gasteiger charge is 2.30. The number of carbonyl (C=O) groups excluding carboxylic acids is 3. The molecule has 1 saturated heterocycles. The molecule has 8 nitrogen and oxygen atoms in total. The average Bonchev–Trinajstić information content (AvgIpc) is 3.52. The molecule has 168 valence electrons. The van der Waals surface area contributed by atoms with Crippen molar-refractivity contribution in [2.24, 2.45) is 10.8 Å². The van der Waals surface area contributed by atoms with E-state index in [9.17, 15) is 19.5 Å². The number of aliphatic hydroxyl groups excluding tert-OH is 1. The van der Waals surface area contributed by atoms with Crippen molar-refractivity contribution in [3.05, 3.63) is 12.7 Å². The minimum Gasteiger partial charge on any atom is -0.462 e. The fourth-order valence-electron chi connectivity index (χ4n) is 1.47. The average molecular weight is 417 g/mol. The van der Waals surface area contributed by atoms with Crippen LogP contribution in [0.4, 0.5) is 0 Å². The van der Waals surface area contributed by atoms with Gasteiger partial charge >= 0.3 is 17.9 Å². The van der Waals surface area contributed by atoms with Gasteiger partial charge in [0.1, 0.15) is 32.0 Å². The van der Waals surface area contributed by atoms with Crippen molar-refractivity contribution in [2.45, 2.75) is 66.6 Å². The molecule has 8 heteroatoms. The number of hydrogen-bond acceptors (Lipinski definition) is 8. The van der Waals surface area contributed by atoms with Gasteiger partial charge in [0.25, 0.3) is 0 Å². The first-order valence-corrected chi connectivity index (χ1v) is 9.82. The summed E-state index contributed by atoms with van der Waals surface area (Å²) in [5, 5.41) is 9.39. The van der Waals surface area contributed by atoms with Crippen LogP contribution in [-0.4, -0.2) is 61.6 Å². The molecule has 1 aliphatic heterocycles. The van der Waals surface area contributed by atoms with Gasteiger partial charge in [0.2, 0.25) is 0 Å². The molecule has 0 amide bonds. The molecule has 1 heterocycles. The van der Waals surface area contributed by atoms with E-state index in [2.05, 4.69) is 11.3 Å². The normalized spacial score (nSPS) is 16.6. The van der Waals surface area contributed by atoms with Crippen LogP contribution < -0.4 is 0 Å². The third-order valence-corrected chi connectivity index (χ3v) is 4.67. The molecule has 0 spiro atoms. The summed E-state index contributed by atoms with van der Waals surface area (Å²) in [6.45, 7) is 15.1. The van der Waals surface area contributed by atoms with Crippen LogP contribution in [-0.2, 0) is 33.3 Å². The van der Waals surface area contributed by atoms with Gasteiger partial charge in [-0.15, -0.1) is 0 Å². The topological polar surface area (TPSA) is 112 Å². The molecular formula is C21H36O8. The van der Waals surface area contributed by atoms with E-state index in [1.807, 2.05) is 27.7 Å². The monoisotopic (exact) mass is 416 g/mol. The van der Waals surface area contributed by atoms with E-state index in [-0.39, 0.29) is 36.7 Å². The molecule has 1 N–H and O–H groups in total. The molecule has 0 aliphatic carbocycles. The van der Waals surface area contributed by atoms with E-state index in [1.54, 1.807) is 13.8 Å². The third kappa shape index (κ3) is 11.6. The Morgan fingerprint density at radius 3 is 1.90 bits per heavy atom. The fraction of sp³-hybridized carbons (Fsp3) is 0.762. The number of epoxide rings is 1. The molecule has 29 heavy (non-hydrogen) atoms. The maximum Gasteiger partial charge on any atom is 0.330 e. The van der Waals surface area contributed by atoms with Crippen LogP contribution in [0.25, 0.3) is 0 Å². The summed E-state index contributed by atoms with van der Waals surface area (Å²) in [6, 6.07) is 0. The highest BCUT2D eigenvalue weighted by Crippen LogP contribution is 2.22. The van der Waals surface area contributed by atoms with Gasteiger partial charge in [-0.25, -0.2) is 4.79 Å². The number of carbonyl (C=O) groups is 3. The number of hydrogen-bond donors (Lipinski definition) is 1. The quantitative estimate of drug-likeness (QED) is 0.237. The Bertz CT molecular complexity index is 549. The summed E-state index contributed by atoms with van der Waals surface area (Å²) in [4.78, 5) is 33.6. The lowest BCUT2D eigenvalue weighted by molar-refractivity contribution is -0.159. The van der Waals surface area contributed by atoms with Crippen molar-refractivity contribution in [3.8, 4) is 0 Å². The molecule has 1 aliphatic rings. The molecule has 0 saturated carbocycles. The zero-order chi connectivity index (χ0) is 22.7. The van der Waals surface area contributed by atoms with Crippen LogP contribution in [0.3, 0.4) is 0 Å². The minimum atomic E-state index is -1.02. The second kappa shape index (κ2) is 12.6. The number of esters is 3. The minimum absolute atomic E-state index is 0.125. The maximum absolute atomic E-state index is 11.5. The Labute approximate surface area is 173 Å². The molecule has 0 bridgehead atoms. The first kappa shape index (κ1) is 27.1. The SMILES string of the molecule is C=CC(=O)OCC(O)COC(=O)C(C)(C)CC.CCC(C)(C)C(=O)OCC1CO1. The maximum atomic E-state index is 11.5. The van der Waals surface area contributed by atoms with Crippen molar-refractivity contribution in [2.75, 3.05) is 26.4 Å². The lowest BCUT2D eigenvalue weighted by atomic mass is 9.91. The van der Waals surface area contributed by atoms with Crippen LogP contribution in [0.5, 0.6) is 0 Å². The van der Waals surface area contributed by atoms with E-state index in [4.69, 9.17) is 14.2 Å². The van der Waals surface area contributed by atoms with E-state index in [1.165, 1.54) is 0 Å². The van der Waals surface area contributed by atoms with E-state index < -0.39 is 17.5 Å². The predicted molar refractivity (Wildman–Crippen MR) is 107 cm³/mol. The van der Waals surface area contributed by atoms with Crippen molar-refractivity contribution in [1.29, 1.82) is 0 Å². The fourth-order valence-corrected chi connectivity index (χ4v) is 1.47. The molecule has 0 aromatic heterocycles. The van der Waals surface area contributed by atoms with Crippen molar-refractivity contribution >= 4 is 17.9 Å². The number of ether oxygens (including phenoxy) is 4. The van der Waals surface area contributed by atoms with Gasteiger partial charge in [-0.05, 0) is 40.5 Å². The summed E-state index contributed by atoms with van der Waals surface area (Å²) >= 11 is 0. The predicted octanol–water partition coefficient (Wildman–Crippen LogP) is 2.42. The van der Waals surface area contributed by atoms with Crippen molar-refractivity contribution < 1.29 is 38.4 Å². The summed E-state index contributed by atoms with van der Waals surface area (Å²) < 4.78 is 19.5. The Hall–Kier alpha value is -1.93. The Morgan fingerprint density at radius 2 is 1.48 bits per heavy atom. The highest BCUT2D eigenvalue weighted by atomic mass is 16.6. The van der Waals surface area contributed by atoms with Crippen LogP contribution >= 0.6 is 0 Å². The molecule has 0 aromatic rings. The standard InChI is InChI=1S/C12H20O5.C9H16O3/c1-5-10(14)16-7-9(13)8-17-11(15)12(3,4)6-2;1-4-9(2,3)8(10)12-6-7-5-11-7/h5,9,13H,1,6-8H2,2-4H3;7H,4-6H2,1-3H3. The van der Waals surface area contributed by atoms with E-state index in [0.717, 1.165) is 19.1 Å². The second-order valence-corrected chi connectivity index (χ2v) is 8.12. The summed E-state index contributed by atoms with van der Waals surface area (Å²) in [5.74, 6) is -1.13. The summed E-state index contributed by atoms with van der Waals surface area (Å²) in [6.07, 6.45) is 1.60. The second-order valence-electron chi connectivity index (χ2n) is 8.12. The van der Waals surface area contributed by atoms with E-state index >= 15 is 0 Å². The van der Waals surface area contributed by atoms with Gasteiger partial charge in [-0.2, -0.15) is 0 Å². The third-order valence-electron chi connectivity index (χ3n) is 4.67. The largest absolute Gasteiger partial charge is 0.462 e. The molecule has 2 atom stereocenters. The summed E-state index contributed by atoms with van der Waals surface area (Å²) in [7, 11) is 0. The Kier molecular flexibility index (Phi) is 11.8. The van der Waals surface area contributed by atoms with Gasteiger partial charge in [-0.3, -0.25) is 9.59 Å². The lowest BCUT2D eigenvalue weighted by Crippen LogP contribution is -2.31. The molecule has 0 radical (unpaired) electrons. The molecule has 1 fully saturated rings. The zero-order valence-corrected chi connectivity index (χ0v) is 18.5. The Morgan fingerprint density at radius 1 is 1.03 bits per heavy atom. The van der Waals surface area contributed by atoms with E-state index in [0.29, 0.717) is 13.0 Å². The first-order valence-electron chi connectivity index (χ1n) is 9.82. The zero-order valence-electron chi connectivity index (χ0n) is 18.5. The van der Waals surface area contributed by atoms with Gasteiger partial charge < -0.3 is 24.1 Å². The number of aliphatic hydroxyl groups is 1. The Balaban J connectivity index is 0.000000571. The molecule has 0 aromatic carbocycles. The van der Waals surface area contributed by atoms with Gasteiger partial charge in [0.15, 0.2) is 0 Å². The number of rotatable bonds is 11. The first-order chi connectivity index (χ1) is 13.4.